The minimum absolute atomic E-state index is 0.309. The third-order valence-electron chi connectivity index (χ3n) is 4.18. The highest BCUT2D eigenvalue weighted by Gasteiger charge is 2.40. The molecule has 16 heavy (non-hydrogen) atoms. The van der Waals surface area contributed by atoms with Crippen molar-refractivity contribution in [1.29, 1.82) is 0 Å². The Morgan fingerprint density at radius 2 is 1.81 bits per heavy atom. The van der Waals surface area contributed by atoms with Gasteiger partial charge in [0.25, 0.3) is 0 Å². The fourth-order valence-electron chi connectivity index (χ4n) is 2.54. The first-order valence-electron chi connectivity index (χ1n) is 6.04. The molecule has 0 bridgehead atoms. The molecule has 1 atom stereocenters. The summed E-state index contributed by atoms with van der Waals surface area (Å²) in [7, 11) is 6.79. The standard InChI is InChI=1S/C14H23N2/c1-14(13-8-6-5-7-9-13)10-11-16(3,4)15(2)12-14/h5-9H,10-12H2,1-4H3/q+1. The van der Waals surface area contributed by atoms with E-state index in [1.807, 2.05) is 0 Å². The molecule has 1 saturated heterocycles. The van der Waals surface area contributed by atoms with Gasteiger partial charge in [-0.15, -0.1) is 0 Å². The first-order chi connectivity index (χ1) is 7.44. The van der Waals surface area contributed by atoms with Gasteiger partial charge >= 0.3 is 0 Å². The van der Waals surface area contributed by atoms with Crippen molar-refractivity contribution in [2.75, 3.05) is 34.2 Å². The van der Waals surface area contributed by atoms with E-state index in [-0.39, 0.29) is 0 Å². The molecule has 2 rings (SSSR count). The maximum absolute atomic E-state index is 2.44. The molecule has 0 N–H and O–H groups in total. The molecule has 88 valence electrons. The lowest BCUT2D eigenvalue weighted by atomic mass is 9.78. The van der Waals surface area contributed by atoms with E-state index in [4.69, 9.17) is 0 Å². The van der Waals surface area contributed by atoms with Crippen LogP contribution >= 0.6 is 0 Å². The summed E-state index contributed by atoms with van der Waals surface area (Å²) in [5.41, 5.74) is 1.78. The number of rotatable bonds is 1. The second kappa shape index (κ2) is 3.86. The molecule has 2 nitrogen and oxygen atoms in total. The molecular formula is C14H23N2+. The largest absolute Gasteiger partial charge is 0.248 e. The zero-order valence-electron chi connectivity index (χ0n) is 10.9. The Bertz CT molecular complexity index is 358. The van der Waals surface area contributed by atoms with Crippen LogP contribution in [-0.2, 0) is 5.41 Å². The van der Waals surface area contributed by atoms with E-state index < -0.39 is 0 Å². The number of hydrogen-bond donors (Lipinski definition) is 0. The van der Waals surface area contributed by atoms with Crippen LogP contribution in [0, 0.1) is 0 Å². The normalized spacial score (nSPS) is 30.2. The van der Waals surface area contributed by atoms with Gasteiger partial charge in [0, 0.05) is 18.9 Å². The van der Waals surface area contributed by atoms with Crippen LogP contribution < -0.4 is 0 Å². The minimum Gasteiger partial charge on any atom is -0.248 e. The first kappa shape index (κ1) is 11.6. The molecule has 0 aliphatic carbocycles. The molecule has 1 aromatic carbocycles. The Morgan fingerprint density at radius 1 is 1.19 bits per heavy atom. The number of nitrogens with zero attached hydrogens (tertiary/aromatic N) is 2. The lowest BCUT2D eigenvalue weighted by Gasteiger charge is -2.48. The molecule has 1 aliphatic rings. The molecule has 1 heterocycles. The maximum atomic E-state index is 2.44. The quantitative estimate of drug-likeness (QED) is 0.655. The summed E-state index contributed by atoms with van der Waals surface area (Å²) in [6.07, 6.45) is 1.26. The molecule has 1 fully saturated rings. The van der Waals surface area contributed by atoms with Crippen LogP contribution in [0.3, 0.4) is 0 Å². The zero-order valence-corrected chi connectivity index (χ0v) is 10.9. The van der Waals surface area contributed by atoms with Crippen molar-refractivity contribution in [1.82, 2.24) is 5.01 Å². The van der Waals surface area contributed by atoms with Crippen LogP contribution in [0.25, 0.3) is 0 Å². The molecule has 2 heteroatoms. The second-order valence-electron chi connectivity index (χ2n) is 5.84. The van der Waals surface area contributed by atoms with Gasteiger partial charge in [-0.25, -0.2) is 4.59 Å². The Kier molecular flexibility index (Phi) is 2.81. The van der Waals surface area contributed by atoms with E-state index in [1.54, 1.807) is 0 Å². The predicted octanol–water partition coefficient (Wildman–Crippen LogP) is 2.27. The molecule has 1 unspecified atom stereocenters. The Morgan fingerprint density at radius 3 is 2.38 bits per heavy atom. The molecular weight excluding hydrogens is 196 g/mol. The molecule has 1 aromatic rings. The van der Waals surface area contributed by atoms with Gasteiger partial charge in [0.15, 0.2) is 0 Å². The third-order valence-corrected chi connectivity index (χ3v) is 4.18. The van der Waals surface area contributed by atoms with Crippen LogP contribution in [0.2, 0.25) is 0 Å². The summed E-state index contributed by atoms with van der Waals surface area (Å²) in [4.78, 5) is 0. The second-order valence-corrected chi connectivity index (χ2v) is 5.84. The van der Waals surface area contributed by atoms with Crippen LogP contribution in [-0.4, -0.2) is 43.8 Å². The van der Waals surface area contributed by atoms with Crippen molar-refractivity contribution in [2.45, 2.75) is 18.8 Å². The van der Waals surface area contributed by atoms with Gasteiger partial charge in [-0.3, -0.25) is 0 Å². The molecule has 0 spiro atoms. The molecule has 0 saturated carbocycles. The minimum atomic E-state index is 0.309. The van der Waals surface area contributed by atoms with Crippen molar-refractivity contribution >= 4 is 0 Å². The maximum Gasteiger partial charge on any atom is 0.0968 e. The van der Waals surface area contributed by atoms with Gasteiger partial charge in [0.1, 0.15) is 0 Å². The van der Waals surface area contributed by atoms with Crippen LogP contribution in [0.5, 0.6) is 0 Å². The highest BCUT2D eigenvalue weighted by Crippen LogP contribution is 2.33. The summed E-state index contributed by atoms with van der Waals surface area (Å²) in [5.74, 6) is 0. The zero-order chi connectivity index (χ0) is 11.8. The van der Waals surface area contributed by atoms with Crippen LogP contribution in [0.4, 0.5) is 0 Å². The number of likely N-dealkylation sites (N-methyl/N-ethyl adjacent to an activating group) is 1. The average molecular weight is 219 g/mol. The monoisotopic (exact) mass is 219 g/mol. The van der Waals surface area contributed by atoms with Gasteiger partial charge in [-0.1, -0.05) is 37.3 Å². The van der Waals surface area contributed by atoms with Crippen molar-refractivity contribution in [3.05, 3.63) is 35.9 Å². The van der Waals surface area contributed by atoms with E-state index in [2.05, 4.69) is 63.4 Å². The van der Waals surface area contributed by atoms with E-state index in [0.717, 1.165) is 11.1 Å². The SMILES string of the molecule is CN1CC(C)(c2ccccc2)CC[N+]1(C)C. The summed E-state index contributed by atoms with van der Waals surface area (Å²) in [6.45, 7) is 4.73. The topological polar surface area (TPSA) is 3.24 Å². The van der Waals surface area contributed by atoms with Crippen molar-refractivity contribution < 1.29 is 4.59 Å². The molecule has 0 radical (unpaired) electrons. The van der Waals surface area contributed by atoms with Gasteiger partial charge in [-0.05, 0) is 5.56 Å². The van der Waals surface area contributed by atoms with Gasteiger partial charge in [0.2, 0.25) is 0 Å². The van der Waals surface area contributed by atoms with Crippen molar-refractivity contribution in [3.8, 4) is 0 Å². The average Bonchev–Trinajstić information content (AvgIpc) is 2.26. The lowest BCUT2D eigenvalue weighted by Crippen LogP contribution is -2.62. The molecule has 1 aliphatic heterocycles. The summed E-state index contributed by atoms with van der Waals surface area (Å²) < 4.78 is 1.00. The summed E-state index contributed by atoms with van der Waals surface area (Å²) >= 11 is 0. The molecule has 0 amide bonds. The highest BCUT2D eigenvalue weighted by atomic mass is 15.7. The van der Waals surface area contributed by atoms with Gasteiger partial charge in [-0.2, -0.15) is 5.01 Å². The smallest absolute Gasteiger partial charge is 0.0968 e. The van der Waals surface area contributed by atoms with Gasteiger partial charge < -0.3 is 0 Å². The number of benzene rings is 1. The summed E-state index contributed by atoms with van der Waals surface area (Å²) in [6, 6.07) is 10.9. The lowest BCUT2D eigenvalue weighted by molar-refractivity contribution is -1.01. The predicted molar refractivity (Wildman–Crippen MR) is 68.0 cm³/mol. The van der Waals surface area contributed by atoms with Crippen molar-refractivity contribution in [2.24, 2.45) is 0 Å². The van der Waals surface area contributed by atoms with E-state index >= 15 is 0 Å². The van der Waals surface area contributed by atoms with E-state index in [0.29, 0.717) is 5.41 Å². The number of hydrogen-bond acceptors (Lipinski definition) is 1. The first-order valence-corrected chi connectivity index (χ1v) is 6.04. The Labute approximate surface area is 99.0 Å². The number of quaternary nitrogens is 1. The fraction of sp³-hybridized carbons (Fsp3) is 0.571. The van der Waals surface area contributed by atoms with E-state index in [1.165, 1.54) is 18.5 Å². The van der Waals surface area contributed by atoms with Crippen LogP contribution in [0.15, 0.2) is 30.3 Å². The van der Waals surface area contributed by atoms with Crippen molar-refractivity contribution in [3.63, 3.8) is 0 Å². The Balaban J connectivity index is 2.23. The fourth-order valence-corrected chi connectivity index (χ4v) is 2.54. The van der Waals surface area contributed by atoms with Crippen LogP contribution in [0.1, 0.15) is 18.9 Å². The van der Waals surface area contributed by atoms with Gasteiger partial charge in [0.05, 0.1) is 27.2 Å². The highest BCUT2D eigenvalue weighted by molar-refractivity contribution is 5.25. The summed E-state index contributed by atoms with van der Waals surface area (Å²) in [5, 5.41) is 2.44. The van der Waals surface area contributed by atoms with E-state index in [9.17, 15) is 0 Å². The third kappa shape index (κ3) is 2.00. The Hall–Kier alpha value is -0.860. The molecule has 0 aromatic heterocycles.